The van der Waals surface area contributed by atoms with Crippen LogP contribution in [0.2, 0.25) is 5.15 Å². The van der Waals surface area contributed by atoms with Crippen LogP contribution in [0.4, 0.5) is 5.95 Å². The van der Waals surface area contributed by atoms with Gasteiger partial charge in [0.2, 0.25) is 5.95 Å². The van der Waals surface area contributed by atoms with Gasteiger partial charge in [-0.05, 0) is 12.1 Å². The van der Waals surface area contributed by atoms with E-state index in [4.69, 9.17) is 21.8 Å². The van der Waals surface area contributed by atoms with Gasteiger partial charge in [0.25, 0.3) is 0 Å². The van der Waals surface area contributed by atoms with E-state index in [0.29, 0.717) is 16.9 Å². The number of fused-ring (bicyclic) bond motifs is 1. The highest BCUT2D eigenvalue weighted by molar-refractivity contribution is 6.35. The molecule has 7 heteroatoms. The van der Waals surface area contributed by atoms with E-state index in [2.05, 4.69) is 15.3 Å². The molecule has 18 heavy (non-hydrogen) atoms. The molecule has 96 valence electrons. The van der Waals surface area contributed by atoms with Gasteiger partial charge >= 0.3 is 5.97 Å². The summed E-state index contributed by atoms with van der Waals surface area (Å²) in [6.07, 6.45) is 0. The molecule has 0 aliphatic heterocycles. The van der Waals surface area contributed by atoms with E-state index in [1.807, 2.05) is 0 Å². The molecular weight excluding hydrogens is 258 g/mol. The third-order valence-corrected chi connectivity index (χ3v) is 2.41. The molecule has 0 amide bonds. The predicted octanol–water partition coefficient (Wildman–Crippen LogP) is 1.63. The summed E-state index contributed by atoms with van der Waals surface area (Å²) >= 11 is 5.94. The average Bonchev–Trinajstić information content (AvgIpc) is 2.40. The van der Waals surface area contributed by atoms with Gasteiger partial charge in [0.15, 0.2) is 0 Å². The number of carbonyl (C=O) groups is 1. The molecule has 0 radical (unpaired) electrons. The lowest BCUT2D eigenvalue weighted by Crippen LogP contribution is -2.02. The quantitative estimate of drug-likeness (QED) is 0.717. The molecule has 1 aromatic heterocycles. The largest absolute Gasteiger partial charge is 0.478 e. The normalized spacial score (nSPS) is 9.56. The minimum absolute atomic E-state index is 0.102. The van der Waals surface area contributed by atoms with E-state index in [0.717, 1.165) is 7.11 Å². The Kier molecular flexibility index (Phi) is 4.82. The lowest BCUT2D eigenvalue weighted by Gasteiger charge is -2.05. The number of hydrogen-bond donors (Lipinski definition) is 3. The highest BCUT2D eigenvalue weighted by atomic mass is 35.5. The van der Waals surface area contributed by atoms with Crippen LogP contribution in [0.15, 0.2) is 18.2 Å². The molecule has 0 saturated heterocycles. The Morgan fingerprint density at radius 2 is 2.00 bits per heavy atom. The maximum absolute atomic E-state index is 11.0. The van der Waals surface area contributed by atoms with E-state index >= 15 is 0 Å². The molecule has 0 aliphatic carbocycles. The van der Waals surface area contributed by atoms with Crippen molar-refractivity contribution >= 4 is 34.4 Å². The summed E-state index contributed by atoms with van der Waals surface area (Å²) in [4.78, 5) is 19.1. The summed E-state index contributed by atoms with van der Waals surface area (Å²) in [5.74, 6) is -0.687. The first-order valence-corrected chi connectivity index (χ1v) is 5.33. The van der Waals surface area contributed by atoms with Crippen LogP contribution in [0.25, 0.3) is 10.9 Å². The van der Waals surface area contributed by atoms with Crippen molar-refractivity contribution in [3.8, 4) is 0 Å². The van der Waals surface area contributed by atoms with Gasteiger partial charge in [-0.2, -0.15) is 0 Å². The smallest absolute Gasteiger partial charge is 0.336 e. The number of halogens is 1. The van der Waals surface area contributed by atoms with E-state index in [1.165, 1.54) is 6.07 Å². The number of anilines is 1. The second-order valence-corrected chi connectivity index (χ2v) is 3.45. The monoisotopic (exact) mass is 269 g/mol. The first-order valence-electron chi connectivity index (χ1n) is 4.95. The molecule has 0 bridgehead atoms. The molecule has 0 unspecified atom stereocenters. The number of carboxylic acid groups (broad SMARTS) is 1. The van der Waals surface area contributed by atoms with Gasteiger partial charge in [-0.25, -0.2) is 14.8 Å². The van der Waals surface area contributed by atoms with E-state index in [1.54, 1.807) is 19.2 Å². The molecule has 1 aromatic carbocycles. The van der Waals surface area contributed by atoms with Crippen LogP contribution < -0.4 is 5.32 Å². The van der Waals surface area contributed by atoms with Crippen molar-refractivity contribution in [2.75, 3.05) is 19.5 Å². The zero-order valence-electron chi connectivity index (χ0n) is 9.81. The van der Waals surface area contributed by atoms with E-state index in [-0.39, 0.29) is 10.7 Å². The minimum Gasteiger partial charge on any atom is -0.478 e. The number of nitrogens with zero attached hydrogens (tertiary/aromatic N) is 2. The van der Waals surface area contributed by atoms with Crippen LogP contribution in [0, 0.1) is 0 Å². The van der Waals surface area contributed by atoms with Crippen molar-refractivity contribution in [2.24, 2.45) is 0 Å². The van der Waals surface area contributed by atoms with Gasteiger partial charge in [0.1, 0.15) is 5.15 Å². The van der Waals surface area contributed by atoms with Gasteiger partial charge < -0.3 is 15.5 Å². The topological polar surface area (TPSA) is 95.3 Å². The second-order valence-electron chi connectivity index (χ2n) is 3.09. The lowest BCUT2D eigenvalue weighted by molar-refractivity contribution is 0.0699. The van der Waals surface area contributed by atoms with Crippen LogP contribution in [-0.2, 0) is 0 Å². The first kappa shape index (κ1) is 14.1. The Labute approximate surface area is 108 Å². The van der Waals surface area contributed by atoms with Crippen LogP contribution in [0.3, 0.4) is 0 Å². The zero-order chi connectivity index (χ0) is 13.7. The fourth-order valence-corrected chi connectivity index (χ4v) is 1.71. The zero-order valence-corrected chi connectivity index (χ0v) is 10.6. The fourth-order valence-electron chi connectivity index (χ4n) is 1.43. The number of nitrogens with one attached hydrogen (secondary N) is 1. The van der Waals surface area contributed by atoms with Crippen molar-refractivity contribution in [1.29, 1.82) is 0 Å². The van der Waals surface area contributed by atoms with Crippen molar-refractivity contribution in [3.05, 3.63) is 28.9 Å². The van der Waals surface area contributed by atoms with Gasteiger partial charge in [-0.15, -0.1) is 0 Å². The van der Waals surface area contributed by atoms with Crippen molar-refractivity contribution in [3.63, 3.8) is 0 Å². The average molecular weight is 270 g/mol. The van der Waals surface area contributed by atoms with Crippen LogP contribution in [-0.4, -0.2) is 40.3 Å². The molecule has 0 spiro atoms. The summed E-state index contributed by atoms with van der Waals surface area (Å²) in [6, 6.07) is 4.78. The van der Waals surface area contributed by atoms with Crippen LogP contribution in [0.5, 0.6) is 0 Å². The highest BCUT2D eigenvalue weighted by Crippen LogP contribution is 2.25. The molecule has 2 aromatic rings. The number of aromatic carboxylic acids is 1. The van der Waals surface area contributed by atoms with Crippen molar-refractivity contribution in [2.45, 2.75) is 0 Å². The highest BCUT2D eigenvalue weighted by Gasteiger charge is 2.13. The molecule has 3 N–H and O–H groups in total. The maximum Gasteiger partial charge on any atom is 0.336 e. The minimum atomic E-state index is -1.05. The number of aliphatic hydroxyl groups is 1. The predicted molar refractivity (Wildman–Crippen MR) is 69.2 cm³/mol. The third kappa shape index (κ3) is 2.66. The summed E-state index contributed by atoms with van der Waals surface area (Å²) in [5, 5.41) is 19.2. The molecule has 0 fully saturated rings. The Morgan fingerprint density at radius 3 is 2.56 bits per heavy atom. The van der Waals surface area contributed by atoms with E-state index in [9.17, 15) is 4.79 Å². The molecule has 0 saturated carbocycles. The first-order chi connectivity index (χ1) is 8.63. The van der Waals surface area contributed by atoms with Gasteiger partial charge in [0.05, 0.1) is 16.5 Å². The van der Waals surface area contributed by atoms with E-state index < -0.39 is 5.97 Å². The summed E-state index contributed by atoms with van der Waals surface area (Å²) < 4.78 is 0. The molecule has 1 heterocycles. The molecule has 0 atom stereocenters. The second kappa shape index (κ2) is 6.13. The van der Waals surface area contributed by atoms with Crippen molar-refractivity contribution in [1.82, 2.24) is 9.97 Å². The summed E-state index contributed by atoms with van der Waals surface area (Å²) in [5.41, 5.74) is 0.606. The number of carboxylic acids is 1. The van der Waals surface area contributed by atoms with Gasteiger partial charge in [0, 0.05) is 14.2 Å². The number of hydrogen-bond acceptors (Lipinski definition) is 5. The number of benzene rings is 1. The maximum atomic E-state index is 11.0. The molecule has 2 rings (SSSR count). The summed E-state index contributed by atoms with van der Waals surface area (Å²) in [7, 11) is 2.67. The Balaban J connectivity index is 0.000000771. The lowest BCUT2D eigenvalue weighted by atomic mass is 10.1. The number of rotatable bonds is 2. The molecular formula is C11H12ClN3O3. The molecule has 6 nitrogen and oxygen atoms in total. The third-order valence-electron chi connectivity index (χ3n) is 2.13. The Morgan fingerprint density at radius 1 is 1.33 bits per heavy atom. The fraction of sp³-hybridized carbons (Fsp3) is 0.182. The summed E-state index contributed by atoms with van der Waals surface area (Å²) in [6.45, 7) is 0. The SMILES string of the molecule is CNc1nc(Cl)c2c(C(=O)O)cccc2n1.CO. The van der Waals surface area contributed by atoms with Gasteiger partial charge in [-0.3, -0.25) is 0 Å². The Bertz CT molecular complexity index is 575. The number of aromatic nitrogens is 2. The standard InChI is InChI=1S/C10H8ClN3O2.CH4O/c1-12-10-13-6-4-2-3-5(9(15)16)7(6)8(11)14-10;1-2/h2-4H,1H3,(H,15,16)(H,12,13,14);2H,1H3. The van der Waals surface area contributed by atoms with Crippen LogP contribution >= 0.6 is 11.6 Å². The number of aliphatic hydroxyl groups excluding tert-OH is 1. The molecule has 0 aliphatic rings. The van der Waals surface area contributed by atoms with Crippen molar-refractivity contribution < 1.29 is 15.0 Å². The van der Waals surface area contributed by atoms with Crippen LogP contribution in [0.1, 0.15) is 10.4 Å². The van der Waals surface area contributed by atoms with Gasteiger partial charge in [-0.1, -0.05) is 17.7 Å². The Hall–Kier alpha value is -1.92.